The van der Waals surface area contributed by atoms with Gasteiger partial charge in [-0.25, -0.2) is 4.39 Å². The molecule has 28 heavy (non-hydrogen) atoms. The van der Waals surface area contributed by atoms with Gasteiger partial charge in [-0.2, -0.15) is 0 Å². The minimum absolute atomic E-state index is 0.103. The molecule has 0 fully saturated rings. The van der Waals surface area contributed by atoms with Gasteiger partial charge in [0.25, 0.3) is 0 Å². The average molecular weight is 396 g/mol. The Kier molecular flexibility index (Phi) is 5.17. The molecule has 0 saturated carbocycles. The average Bonchev–Trinajstić information content (AvgIpc) is 3.08. The predicted molar refractivity (Wildman–Crippen MR) is 107 cm³/mol. The summed E-state index contributed by atoms with van der Waals surface area (Å²) in [7, 11) is 1.86. The van der Waals surface area contributed by atoms with E-state index < -0.39 is 0 Å². The first-order valence-corrected chi connectivity index (χ1v) is 10.1. The lowest BCUT2D eigenvalue weighted by molar-refractivity contribution is -0.131. The maximum atomic E-state index is 13.1. The molecular formula is C21H21FN4OS. The van der Waals surface area contributed by atoms with Crippen LogP contribution in [0.15, 0.2) is 53.7 Å². The number of benzene rings is 2. The van der Waals surface area contributed by atoms with Crippen LogP contribution in [-0.2, 0) is 24.8 Å². The van der Waals surface area contributed by atoms with Crippen molar-refractivity contribution in [2.24, 2.45) is 7.05 Å². The third-order valence-electron chi connectivity index (χ3n) is 5.01. The van der Waals surface area contributed by atoms with E-state index >= 15 is 0 Å². The van der Waals surface area contributed by atoms with Crippen LogP contribution in [0.3, 0.4) is 0 Å². The smallest absolute Gasteiger partial charge is 0.236 e. The summed E-state index contributed by atoms with van der Waals surface area (Å²) in [6, 6.07) is 14.4. The van der Waals surface area contributed by atoms with Crippen LogP contribution in [0.4, 0.5) is 4.39 Å². The first kappa shape index (κ1) is 18.7. The summed E-state index contributed by atoms with van der Waals surface area (Å²) in [5.41, 5.74) is 3.33. The molecule has 5 nitrogen and oxygen atoms in total. The molecule has 1 amide bonds. The fourth-order valence-electron chi connectivity index (χ4n) is 3.42. The van der Waals surface area contributed by atoms with Gasteiger partial charge >= 0.3 is 0 Å². The summed E-state index contributed by atoms with van der Waals surface area (Å²) in [6.07, 6.45) is 0.887. The van der Waals surface area contributed by atoms with Gasteiger partial charge in [-0.15, -0.1) is 10.2 Å². The highest BCUT2D eigenvalue weighted by Gasteiger charge is 2.26. The third-order valence-corrected chi connectivity index (χ3v) is 6.13. The molecular weight excluding hydrogens is 375 g/mol. The third kappa shape index (κ3) is 3.67. The number of amides is 1. The molecule has 144 valence electrons. The normalized spacial score (nSPS) is 14.6. The zero-order chi connectivity index (χ0) is 19.7. The Morgan fingerprint density at radius 2 is 1.82 bits per heavy atom. The SMILES string of the molecule is C[C@@H](Sc1nnc(-c2ccc(F)cc2)n1C)C(=O)N1CCc2ccccc2C1. The summed E-state index contributed by atoms with van der Waals surface area (Å²) >= 11 is 1.40. The Labute approximate surface area is 167 Å². The highest BCUT2D eigenvalue weighted by molar-refractivity contribution is 8.00. The maximum absolute atomic E-state index is 13.1. The molecule has 1 aliphatic rings. The van der Waals surface area contributed by atoms with Crippen molar-refractivity contribution in [1.29, 1.82) is 0 Å². The summed E-state index contributed by atoms with van der Waals surface area (Å²) < 4.78 is 15.0. The van der Waals surface area contributed by atoms with Gasteiger partial charge in [-0.3, -0.25) is 4.79 Å². The zero-order valence-electron chi connectivity index (χ0n) is 15.8. The lowest BCUT2D eigenvalue weighted by Gasteiger charge is -2.30. The lowest BCUT2D eigenvalue weighted by Crippen LogP contribution is -2.40. The van der Waals surface area contributed by atoms with E-state index in [0.717, 1.165) is 18.5 Å². The summed E-state index contributed by atoms with van der Waals surface area (Å²) in [5, 5.41) is 8.84. The minimum atomic E-state index is -0.289. The molecule has 0 bridgehead atoms. The van der Waals surface area contributed by atoms with E-state index in [4.69, 9.17) is 0 Å². The van der Waals surface area contributed by atoms with E-state index in [1.807, 2.05) is 35.6 Å². The molecule has 0 aliphatic carbocycles. The van der Waals surface area contributed by atoms with Gasteiger partial charge in [-0.1, -0.05) is 36.0 Å². The van der Waals surface area contributed by atoms with E-state index in [9.17, 15) is 9.18 Å². The van der Waals surface area contributed by atoms with E-state index in [0.29, 0.717) is 17.5 Å². The van der Waals surface area contributed by atoms with Gasteiger partial charge < -0.3 is 9.47 Å². The van der Waals surface area contributed by atoms with Gasteiger partial charge in [0, 0.05) is 25.7 Å². The fourth-order valence-corrected chi connectivity index (χ4v) is 4.32. The van der Waals surface area contributed by atoms with Crippen LogP contribution in [-0.4, -0.2) is 37.4 Å². The van der Waals surface area contributed by atoms with Crippen molar-refractivity contribution in [2.75, 3.05) is 6.54 Å². The zero-order valence-corrected chi connectivity index (χ0v) is 16.6. The van der Waals surface area contributed by atoms with Crippen molar-refractivity contribution in [3.63, 3.8) is 0 Å². The molecule has 1 atom stereocenters. The van der Waals surface area contributed by atoms with Gasteiger partial charge in [0.2, 0.25) is 5.91 Å². The van der Waals surface area contributed by atoms with E-state index in [1.165, 1.54) is 35.0 Å². The second-order valence-corrected chi connectivity index (χ2v) is 8.22. The molecule has 0 saturated heterocycles. The number of carbonyl (C=O) groups is 1. The second-order valence-electron chi connectivity index (χ2n) is 6.91. The first-order chi connectivity index (χ1) is 13.5. The van der Waals surface area contributed by atoms with Crippen LogP contribution in [0.5, 0.6) is 0 Å². The number of thioether (sulfide) groups is 1. The largest absolute Gasteiger partial charge is 0.337 e. The fraction of sp³-hybridized carbons (Fsp3) is 0.286. The van der Waals surface area contributed by atoms with Crippen LogP contribution in [0.2, 0.25) is 0 Å². The van der Waals surface area contributed by atoms with Gasteiger partial charge in [0.05, 0.1) is 5.25 Å². The Bertz CT molecular complexity index is 1000. The molecule has 0 spiro atoms. The molecule has 0 radical (unpaired) electrons. The van der Waals surface area contributed by atoms with Crippen LogP contribution in [0, 0.1) is 5.82 Å². The number of carbonyl (C=O) groups excluding carboxylic acids is 1. The lowest BCUT2D eigenvalue weighted by atomic mass is 10.00. The molecule has 1 aliphatic heterocycles. The van der Waals surface area contributed by atoms with Crippen molar-refractivity contribution in [1.82, 2.24) is 19.7 Å². The quantitative estimate of drug-likeness (QED) is 0.631. The Morgan fingerprint density at radius 3 is 2.57 bits per heavy atom. The van der Waals surface area contributed by atoms with Crippen LogP contribution in [0.25, 0.3) is 11.4 Å². The van der Waals surface area contributed by atoms with Gasteiger partial charge in [-0.05, 0) is 48.7 Å². The van der Waals surface area contributed by atoms with Crippen molar-refractivity contribution in [3.8, 4) is 11.4 Å². The number of hydrogen-bond donors (Lipinski definition) is 0. The highest BCUT2D eigenvalue weighted by atomic mass is 32.2. The van der Waals surface area contributed by atoms with E-state index in [1.54, 1.807) is 12.1 Å². The van der Waals surface area contributed by atoms with Crippen LogP contribution in [0.1, 0.15) is 18.1 Å². The molecule has 4 rings (SSSR count). The molecule has 2 aromatic carbocycles. The molecule has 7 heteroatoms. The summed E-state index contributed by atoms with van der Waals surface area (Å²) in [5.74, 6) is 0.461. The maximum Gasteiger partial charge on any atom is 0.236 e. The minimum Gasteiger partial charge on any atom is -0.337 e. The standard InChI is InChI=1S/C21H21FN4OS/c1-14(20(27)26-12-11-15-5-3-4-6-17(15)13-26)28-21-24-23-19(25(21)2)16-7-9-18(22)10-8-16/h3-10,14H,11-13H2,1-2H3/t14-/m1/s1. The van der Waals surface area contributed by atoms with Crippen molar-refractivity contribution in [3.05, 3.63) is 65.5 Å². The molecule has 2 heterocycles. The van der Waals surface area contributed by atoms with Crippen molar-refractivity contribution >= 4 is 17.7 Å². The Balaban J connectivity index is 1.46. The number of nitrogens with zero attached hydrogens (tertiary/aromatic N) is 4. The number of fused-ring (bicyclic) bond motifs is 1. The van der Waals surface area contributed by atoms with Gasteiger partial charge in [0.15, 0.2) is 11.0 Å². The van der Waals surface area contributed by atoms with Crippen LogP contribution < -0.4 is 0 Å². The molecule has 3 aromatic rings. The Hall–Kier alpha value is -2.67. The van der Waals surface area contributed by atoms with E-state index in [2.05, 4.69) is 22.3 Å². The highest BCUT2D eigenvalue weighted by Crippen LogP contribution is 2.28. The number of rotatable bonds is 4. The summed E-state index contributed by atoms with van der Waals surface area (Å²) in [6.45, 7) is 3.29. The predicted octanol–water partition coefficient (Wildman–Crippen LogP) is 3.69. The number of aromatic nitrogens is 3. The topological polar surface area (TPSA) is 51.0 Å². The van der Waals surface area contributed by atoms with Crippen molar-refractivity contribution < 1.29 is 9.18 Å². The van der Waals surface area contributed by atoms with E-state index in [-0.39, 0.29) is 17.0 Å². The summed E-state index contributed by atoms with van der Waals surface area (Å²) in [4.78, 5) is 14.9. The first-order valence-electron chi connectivity index (χ1n) is 9.20. The Morgan fingerprint density at radius 1 is 1.11 bits per heavy atom. The second kappa shape index (κ2) is 7.75. The van der Waals surface area contributed by atoms with Crippen LogP contribution >= 0.6 is 11.8 Å². The molecule has 1 aromatic heterocycles. The number of hydrogen-bond acceptors (Lipinski definition) is 4. The molecule has 0 N–H and O–H groups in total. The number of halogens is 1. The molecule has 0 unspecified atom stereocenters. The van der Waals surface area contributed by atoms with Gasteiger partial charge in [0.1, 0.15) is 5.82 Å². The monoisotopic (exact) mass is 396 g/mol. The van der Waals surface area contributed by atoms with Crippen molar-refractivity contribution in [2.45, 2.75) is 30.3 Å².